The third-order valence-corrected chi connectivity index (χ3v) is 0. The molecule has 0 saturated heterocycles. The van der Waals surface area contributed by atoms with Gasteiger partial charge in [-0.3, -0.25) is 0 Å². The van der Waals surface area contributed by atoms with Crippen LogP contribution in [0.2, 0.25) is 0 Å². The Kier molecular flexibility index (Phi) is 58.1. The molecule has 4 heteroatoms. The Hall–Kier alpha value is 1.42. The molecule has 2 nitrogen and oxygen atoms in total. The van der Waals surface area contributed by atoms with Crippen molar-refractivity contribution in [3.05, 3.63) is 0 Å². The second-order valence-corrected chi connectivity index (χ2v) is 0. The van der Waals surface area contributed by atoms with E-state index in [4.69, 9.17) is 5.06 Å². The molecule has 0 fully saturated rings. The van der Waals surface area contributed by atoms with Gasteiger partial charge >= 0.3 is 58.5 Å². The second kappa shape index (κ2) is 25.7. The first-order chi connectivity index (χ1) is 2.00. The summed E-state index contributed by atoms with van der Waals surface area (Å²) in [4.78, 5) is 0. The van der Waals surface area contributed by atoms with E-state index in [0.717, 1.165) is 0 Å². The molecular formula is GdNiO2. The molecule has 0 aliphatic rings. The Morgan fingerprint density at radius 3 is 1.25 bits per heavy atom. The predicted molar refractivity (Wildman–Crippen MR) is 1.37 cm³/mol. The fourth-order valence-corrected chi connectivity index (χ4v) is 0. The van der Waals surface area contributed by atoms with Gasteiger partial charge in [0.15, 0.2) is 0 Å². The van der Waals surface area contributed by atoms with E-state index in [9.17, 15) is 0 Å². The molecular weight excluding hydrogens is 248 g/mol. The summed E-state index contributed by atoms with van der Waals surface area (Å²) in [5.41, 5.74) is 0. The van der Waals surface area contributed by atoms with E-state index in [1.165, 1.54) is 0 Å². The van der Waals surface area contributed by atoms with Crippen LogP contribution in [-0.4, -0.2) is 0 Å². The average Bonchev–Trinajstić information content (AvgIpc) is 1.50. The molecule has 0 radical (unpaired) electrons. The van der Waals surface area contributed by atoms with Crippen LogP contribution in [0.1, 0.15) is 0 Å². The van der Waals surface area contributed by atoms with Gasteiger partial charge < -0.3 is 0 Å². The Labute approximate surface area is 57.6 Å². The van der Waals surface area contributed by atoms with Gasteiger partial charge in [-0.25, -0.2) is 0 Å². The third kappa shape index (κ3) is 9.94. The van der Waals surface area contributed by atoms with Crippen LogP contribution in [0.3, 0.4) is 0 Å². The van der Waals surface area contributed by atoms with E-state index in [-0.39, 0.29) is 0 Å². The van der Waals surface area contributed by atoms with Gasteiger partial charge in [0, 0.05) is 0 Å². The number of hydrogen-bond acceptors (Lipinski definition) is 2. The van der Waals surface area contributed by atoms with Crippen molar-refractivity contribution in [3.8, 4) is 0 Å². The summed E-state index contributed by atoms with van der Waals surface area (Å²) in [5, 5.41) is 0. The Bertz CT molecular complexity index is 8.00. The number of hydrogen-bond donors (Lipinski definition) is 0. The van der Waals surface area contributed by atoms with E-state index in [0.29, 0.717) is 38.0 Å². The first-order valence-corrected chi connectivity index (χ1v) is 1.60. The van der Waals surface area contributed by atoms with E-state index in [1.54, 1.807) is 0 Å². The molecule has 0 aliphatic heterocycles. The molecule has 0 aliphatic carbocycles. The minimum absolute atomic E-state index is 0.611. The SMILES string of the molecule is [O]=[Gd].[O]=[Ni]. The summed E-state index contributed by atoms with van der Waals surface area (Å²) < 4.78 is 16.2. The van der Waals surface area contributed by atoms with E-state index in [2.05, 4.69) is 15.4 Å². The van der Waals surface area contributed by atoms with Gasteiger partial charge in [0.25, 0.3) is 0 Å². The standard InChI is InChI=1S/Gd.Ni.2O. The first-order valence-electron chi connectivity index (χ1n) is 0.273. The molecule has 30 valence electrons. The van der Waals surface area contributed by atoms with Crippen LogP contribution in [0.5, 0.6) is 0 Å². The second-order valence-electron chi connectivity index (χ2n) is 0. The molecule has 0 saturated carbocycles. The molecule has 0 aromatic rings. The minimum atomic E-state index is 0.611. The zero-order valence-corrected chi connectivity index (χ0v) is 4.74. The van der Waals surface area contributed by atoms with E-state index >= 15 is 0 Å². The molecule has 4 heavy (non-hydrogen) atoms. The summed E-state index contributed by atoms with van der Waals surface area (Å²) >= 11 is 3.24. The van der Waals surface area contributed by atoms with Gasteiger partial charge in [0.05, 0.1) is 0 Å². The van der Waals surface area contributed by atoms with Crippen LogP contribution in [-0.2, 0) is 20.5 Å². The van der Waals surface area contributed by atoms with Gasteiger partial charge in [-0.15, -0.1) is 0 Å². The topological polar surface area (TPSA) is 34.1 Å². The Morgan fingerprint density at radius 2 is 1.25 bits per heavy atom. The van der Waals surface area contributed by atoms with E-state index in [1.807, 2.05) is 0 Å². The van der Waals surface area contributed by atoms with Crippen LogP contribution >= 0.6 is 0 Å². The molecule has 0 atom stereocenters. The first kappa shape index (κ1) is 9.05. The fraction of sp³-hybridized carbons (Fsp3) is 0. The number of rotatable bonds is 0. The van der Waals surface area contributed by atoms with Crippen molar-refractivity contribution in [1.29, 1.82) is 0 Å². The quantitative estimate of drug-likeness (QED) is 0.554. The Morgan fingerprint density at radius 1 is 1.25 bits per heavy atom. The van der Waals surface area contributed by atoms with Crippen molar-refractivity contribution in [2.45, 2.75) is 0 Å². The van der Waals surface area contributed by atoms with Gasteiger partial charge in [-0.2, -0.15) is 0 Å². The summed E-state index contributed by atoms with van der Waals surface area (Å²) in [7, 11) is 0. The van der Waals surface area contributed by atoms with Crippen molar-refractivity contribution in [2.75, 3.05) is 0 Å². The van der Waals surface area contributed by atoms with E-state index < -0.39 is 0 Å². The van der Waals surface area contributed by atoms with Crippen molar-refractivity contribution >= 4 is 0 Å². The van der Waals surface area contributed by atoms with Gasteiger partial charge in [0.2, 0.25) is 0 Å². The summed E-state index contributed by atoms with van der Waals surface area (Å²) in [5.74, 6) is 0. The van der Waals surface area contributed by atoms with Gasteiger partial charge in [-0.05, 0) is 0 Å². The third-order valence-electron chi connectivity index (χ3n) is 0. The summed E-state index contributed by atoms with van der Waals surface area (Å²) in [6, 6.07) is 0. The van der Waals surface area contributed by atoms with Crippen LogP contribution in [0.4, 0.5) is 0 Å². The average molecular weight is 248 g/mol. The van der Waals surface area contributed by atoms with Crippen molar-refractivity contribution in [1.82, 2.24) is 0 Å². The molecule has 0 aromatic carbocycles. The van der Waals surface area contributed by atoms with Crippen LogP contribution in [0, 0.1) is 38.0 Å². The maximum absolute atomic E-state index is 8.28. The zero-order chi connectivity index (χ0) is 4.00. The summed E-state index contributed by atoms with van der Waals surface area (Å²) in [6.07, 6.45) is 0. The fourth-order valence-electron chi connectivity index (χ4n) is 0. The van der Waals surface area contributed by atoms with Crippen LogP contribution < -0.4 is 0 Å². The van der Waals surface area contributed by atoms with Gasteiger partial charge in [0.1, 0.15) is 0 Å². The van der Waals surface area contributed by atoms with Crippen molar-refractivity contribution in [2.24, 2.45) is 0 Å². The van der Waals surface area contributed by atoms with Crippen LogP contribution in [0.15, 0.2) is 0 Å². The molecule has 0 unspecified atom stereocenters. The zero-order valence-electron chi connectivity index (χ0n) is 1.49. The van der Waals surface area contributed by atoms with Crippen LogP contribution in [0.25, 0.3) is 0 Å². The van der Waals surface area contributed by atoms with Crippen molar-refractivity contribution in [3.63, 3.8) is 0 Å². The van der Waals surface area contributed by atoms with Gasteiger partial charge in [-0.1, -0.05) is 0 Å². The predicted octanol–water partition coefficient (Wildman–Crippen LogP) is -0.240. The normalized spacial score (nSPS) is 2.75. The van der Waals surface area contributed by atoms with Crippen molar-refractivity contribution < 1.29 is 58.5 Å². The summed E-state index contributed by atoms with van der Waals surface area (Å²) in [6.45, 7) is 0. The molecule has 0 N–H and O–H groups in total. The maximum atomic E-state index is 8.28. The molecule has 0 rings (SSSR count). The molecule has 0 heterocycles. The molecule has 0 bridgehead atoms. The monoisotopic (exact) mass is 248 g/mol. The molecule has 0 aromatic heterocycles. The molecule has 0 amide bonds. The molecule has 0 spiro atoms. The Balaban J connectivity index is 0.